The average Bonchev–Trinajstić information content (AvgIpc) is 3.01. The summed E-state index contributed by atoms with van der Waals surface area (Å²) in [5, 5.41) is 0. The van der Waals surface area contributed by atoms with E-state index < -0.39 is 11.9 Å². The largest absolute Gasteiger partial charge is 0.423 e. The van der Waals surface area contributed by atoms with Gasteiger partial charge in [0.05, 0.1) is 11.1 Å². The third-order valence-corrected chi connectivity index (χ3v) is 7.78. The number of carbonyl (C=O) groups is 2. The number of esters is 2. The number of hydrogen-bond acceptors (Lipinski definition) is 4. The van der Waals surface area contributed by atoms with Crippen molar-refractivity contribution in [1.29, 1.82) is 0 Å². The molecule has 0 saturated carbocycles. The average molecular weight is 571 g/mol. The molecule has 4 nitrogen and oxygen atoms in total. The number of carbonyl (C=O) groups excluding carboxylic acids is 2. The lowest BCUT2D eigenvalue weighted by Gasteiger charge is -2.12. The first-order valence-electron chi connectivity index (χ1n) is 16.3. The first-order chi connectivity index (χ1) is 20.6. The second-order valence-electron chi connectivity index (χ2n) is 11.3. The van der Waals surface area contributed by atoms with Gasteiger partial charge in [0.25, 0.3) is 0 Å². The zero-order valence-electron chi connectivity index (χ0n) is 25.9. The van der Waals surface area contributed by atoms with Gasteiger partial charge in [0.2, 0.25) is 0 Å². The van der Waals surface area contributed by atoms with Gasteiger partial charge in [0.1, 0.15) is 11.5 Å². The Balaban J connectivity index is 1.54. The van der Waals surface area contributed by atoms with Gasteiger partial charge in [-0.25, -0.2) is 9.59 Å². The molecule has 42 heavy (non-hydrogen) atoms. The van der Waals surface area contributed by atoms with Crippen LogP contribution in [0.25, 0.3) is 0 Å². The van der Waals surface area contributed by atoms with E-state index in [0.717, 1.165) is 36.8 Å². The van der Waals surface area contributed by atoms with Crippen LogP contribution in [-0.2, 0) is 12.8 Å². The molecule has 3 aromatic rings. The maximum atomic E-state index is 13.1. The number of para-hydroxylation sites is 2. The third-order valence-electron chi connectivity index (χ3n) is 7.78. The summed E-state index contributed by atoms with van der Waals surface area (Å²) in [5.41, 5.74) is 2.72. The van der Waals surface area contributed by atoms with Crippen LogP contribution in [0.2, 0.25) is 0 Å². The van der Waals surface area contributed by atoms with Crippen LogP contribution < -0.4 is 9.47 Å². The van der Waals surface area contributed by atoms with E-state index in [-0.39, 0.29) is 0 Å². The zero-order valence-corrected chi connectivity index (χ0v) is 25.9. The summed E-state index contributed by atoms with van der Waals surface area (Å²) in [6.45, 7) is 4.47. The Hall–Kier alpha value is -3.40. The maximum Gasteiger partial charge on any atom is 0.343 e. The van der Waals surface area contributed by atoms with Gasteiger partial charge in [-0.2, -0.15) is 0 Å². The predicted octanol–water partition coefficient (Wildman–Crippen LogP) is 10.7. The molecule has 0 aliphatic rings. The normalized spacial score (nSPS) is 10.9. The Labute approximate surface area is 253 Å². The number of hydrogen-bond donors (Lipinski definition) is 0. The summed E-state index contributed by atoms with van der Waals surface area (Å²) in [5.74, 6) is 0.216. The van der Waals surface area contributed by atoms with Crippen LogP contribution in [0.5, 0.6) is 11.5 Å². The zero-order chi connectivity index (χ0) is 29.8. The van der Waals surface area contributed by atoms with Crippen LogP contribution in [0, 0.1) is 0 Å². The van der Waals surface area contributed by atoms with E-state index in [4.69, 9.17) is 9.47 Å². The molecule has 0 heterocycles. The van der Waals surface area contributed by atoms with Crippen LogP contribution in [0.1, 0.15) is 136 Å². The predicted molar refractivity (Wildman–Crippen MR) is 173 cm³/mol. The number of rotatable bonds is 20. The van der Waals surface area contributed by atoms with E-state index in [1.807, 2.05) is 48.5 Å². The van der Waals surface area contributed by atoms with E-state index in [1.165, 1.54) is 77.0 Å². The highest BCUT2D eigenvalue weighted by Crippen LogP contribution is 2.24. The highest BCUT2D eigenvalue weighted by atomic mass is 16.5. The Morgan fingerprint density at radius 2 is 0.857 bits per heavy atom. The molecule has 3 aromatic carbocycles. The SMILES string of the molecule is CCCCCCCCCc1ccccc1OC(=O)c1cccc(C(=O)Oc2ccccc2CCCCCCCCC)c1. The summed E-state index contributed by atoms with van der Waals surface area (Å²) >= 11 is 0. The quantitative estimate of drug-likeness (QED) is 0.0770. The summed E-state index contributed by atoms with van der Waals surface area (Å²) < 4.78 is 11.6. The van der Waals surface area contributed by atoms with Crippen LogP contribution in [-0.4, -0.2) is 11.9 Å². The lowest BCUT2D eigenvalue weighted by Crippen LogP contribution is -2.13. The topological polar surface area (TPSA) is 52.6 Å². The maximum absolute atomic E-state index is 13.1. The van der Waals surface area contributed by atoms with E-state index in [2.05, 4.69) is 13.8 Å². The number of aryl methyl sites for hydroxylation is 2. The van der Waals surface area contributed by atoms with Crippen molar-refractivity contribution in [2.45, 2.75) is 117 Å². The molecule has 0 amide bonds. The van der Waals surface area contributed by atoms with Gasteiger partial charge in [0.15, 0.2) is 0 Å². The summed E-state index contributed by atoms with van der Waals surface area (Å²) in [4.78, 5) is 26.2. The van der Waals surface area contributed by atoms with Gasteiger partial charge >= 0.3 is 11.9 Å². The molecule has 0 spiro atoms. The molecule has 226 valence electrons. The highest BCUT2D eigenvalue weighted by Gasteiger charge is 2.16. The molecule has 0 saturated heterocycles. The molecule has 0 unspecified atom stereocenters. The smallest absolute Gasteiger partial charge is 0.343 e. The summed E-state index contributed by atoms with van der Waals surface area (Å²) in [6, 6.07) is 22.1. The molecule has 0 aliphatic carbocycles. The van der Waals surface area contributed by atoms with Gasteiger partial charge in [-0.15, -0.1) is 0 Å². The Kier molecular flexibility index (Phi) is 15.5. The minimum atomic E-state index is -0.476. The van der Waals surface area contributed by atoms with Crippen molar-refractivity contribution in [3.8, 4) is 11.5 Å². The molecule has 0 aliphatic heterocycles. The lowest BCUT2D eigenvalue weighted by molar-refractivity contribution is 0.0733. The van der Waals surface area contributed by atoms with Gasteiger partial charge in [0, 0.05) is 0 Å². The van der Waals surface area contributed by atoms with Gasteiger partial charge in [-0.05, 0) is 67.1 Å². The molecule has 3 rings (SSSR count). The van der Waals surface area contributed by atoms with Crippen molar-refractivity contribution in [3.63, 3.8) is 0 Å². The van der Waals surface area contributed by atoms with Crippen LogP contribution in [0.15, 0.2) is 72.8 Å². The third kappa shape index (κ3) is 11.8. The molecule has 0 atom stereocenters. The van der Waals surface area contributed by atoms with Crippen LogP contribution in [0.4, 0.5) is 0 Å². The molecular formula is C38H50O4. The highest BCUT2D eigenvalue weighted by molar-refractivity contribution is 5.96. The van der Waals surface area contributed by atoms with E-state index >= 15 is 0 Å². The van der Waals surface area contributed by atoms with Crippen molar-refractivity contribution in [1.82, 2.24) is 0 Å². The molecule has 0 bridgehead atoms. The molecule has 0 radical (unpaired) electrons. The van der Waals surface area contributed by atoms with E-state index in [9.17, 15) is 9.59 Å². The fraction of sp³-hybridized carbons (Fsp3) is 0.474. The Bertz CT molecular complexity index is 1120. The van der Waals surface area contributed by atoms with Crippen LogP contribution in [0.3, 0.4) is 0 Å². The van der Waals surface area contributed by atoms with Crippen molar-refractivity contribution in [2.75, 3.05) is 0 Å². The fourth-order valence-electron chi connectivity index (χ4n) is 5.26. The second-order valence-corrected chi connectivity index (χ2v) is 11.3. The minimum absolute atomic E-state index is 0.325. The fourth-order valence-corrected chi connectivity index (χ4v) is 5.26. The summed E-state index contributed by atoms with van der Waals surface area (Å²) in [6.07, 6.45) is 19.1. The monoisotopic (exact) mass is 570 g/mol. The minimum Gasteiger partial charge on any atom is -0.423 e. The standard InChI is InChI=1S/C38H50O4/c1-3-5-7-9-11-13-15-22-31-24-17-19-28-35(31)41-37(39)33-26-21-27-34(30-33)38(40)42-36-29-20-18-25-32(36)23-16-14-12-10-8-6-4-2/h17-21,24-30H,3-16,22-23H2,1-2H3. The lowest BCUT2D eigenvalue weighted by atomic mass is 10.0. The van der Waals surface area contributed by atoms with Crippen LogP contribution >= 0.6 is 0 Å². The molecule has 0 fully saturated rings. The Morgan fingerprint density at radius 1 is 0.476 bits per heavy atom. The first-order valence-corrected chi connectivity index (χ1v) is 16.3. The number of unbranched alkanes of at least 4 members (excludes halogenated alkanes) is 12. The van der Waals surface area contributed by atoms with Gasteiger partial charge in [-0.1, -0.05) is 133 Å². The molecule has 0 N–H and O–H groups in total. The molecular weight excluding hydrogens is 520 g/mol. The first kappa shape index (κ1) is 33.1. The second kappa shape index (κ2) is 19.7. The van der Waals surface area contributed by atoms with E-state index in [0.29, 0.717) is 22.6 Å². The van der Waals surface area contributed by atoms with Crippen molar-refractivity contribution < 1.29 is 19.1 Å². The molecule has 4 heteroatoms. The van der Waals surface area contributed by atoms with Crippen molar-refractivity contribution in [2.24, 2.45) is 0 Å². The molecule has 0 aromatic heterocycles. The number of ether oxygens (including phenoxy) is 2. The van der Waals surface area contributed by atoms with Gasteiger partial charge in [-0.3, -0.25) is 0 Å². The van der Waals surface area contributed by atoms with Crippen molar-refractivity contribution in [3.05, 3.63) is 95.1 Å². The Morgan fingerprint density at radius 3 is 1.29 bits per heavy atom. The van der Waals surface area contributed by atoms with Crippen molar-refractivity contribution >= 4 is 11.9 Å². The number of benzene rings is 3. The van der Waals surface area contributed by atoms with Gasteiger partial charge < -0.3 is 9.47 Å². The summed E-state index contributed by atoms with van der Waals surface area (Å²) in [7, 11) is 0. The van der Waals surface area contributed by atoms with E-state index in [1.54, 1.807) is 24.3 Å².